The van der Waals surface area contributed by atoms with Gasteiger partial charge in [-0.1, -0.05) is 0 Å². The number of halogens is 1. The molecule has 1 aromatic carbocycles. The maximum absolute atomic E-state index is 11.1. The quantitative estimate of drug-likeness (QED) is 0.626. The number of hydrogen-bond acceptors (Lipinski definition) is 4. The van der Waals surface area contributed by atoms with Crippen LogP contribution in [0.2, 0.25) is 0 Å². The van der Waals surface area contributed by atoms with Gasteiger partial charge in [-0.2, -0.15) is 5.26 Å². The van der Waals surface area contributed by atoms with Crippen molar-refractivity contribution in [3.63, 3.8) is 0 Å². The molecule has 0 aliphatic rings. The van der Waals surface area contributed by atoms with E-state index in [1.807, 2.05) is 6.07 Å². The highest BCUT2D eigenvalue weighted by molar-refractivity contribution is 9.10. The van der Waals surface area contributed by atoms with Crippen molar-refractivity contribution in [1.82, 2.24) is 0 Å². The predicted octanol–water partition coefficient (Wildman–Crippen LogP) is 1.85. The van der Waals surface area contributed by atoms with Gasteiger partial charge in [0.05, 0.1) is 19.1 Å². The van der Waals surface area contributed by atoms with Gasteiger partial charge in [0, 0.05) is 10.0 Å². The van der Waals surface area contributed by atoms with Crippen molar-refractivity contribution in [3.8, 4) is 6.07 Å². The van der Waals surface area contributed by atoms with Gasteiger partial charge in [0.15, 0.2) is 0 Å². The van der Waals surface area contributed by atoms with Crippen molar-refractivity contribution >= 4 is 28.2 Å². The van der Waals surface area contributed by atoms with Crippen LogP contribution in [0.4, 0.5) is 0 Å². The number of aldehydes is 1. The Morgan fingerprint density at radius 3 is 2.81 bits per heavy atom. The van der Waals surface area contributed by atoms with E-state index in [1.54, 1.807) is 6.07 Å². The zero-order chi connectivity index (χ0) is 12.1. The molecular formula is C11H8BrNO3. The molecule has 0 aliphatic heterocycles. The molecule has 0 atom stereocenters. The molecule has 0 amide bonds. The first-order valence-electron chi connectivity index (χ1n) is 4.37. The van der Waals surface area contributed by atoms with Crippen LogP contribution in [0.3, 0.4) is 0 Å². The summed E-state index contributed by atoms with van der Waals surface area (Å²) in [5.74, 6) is -0.423. The summed E-state index contributed by atoms with van der Waals surface area (Å²) >= 11 is 3.22. The van der Waals surface area contributed by atoms with Gasteiger partial charge < -0.3 is 4.74 Å². The van der Waals surface area contributed by atoms with Crippen molar-refractivity contribution in [2.24, 2.45) is 0 Å². The highest BCUT2D eigenvalue weighted by atomic mass is 79.9. The van der Waals surface area contributed by atoms with E-state index in [2.05, 4.69) is 20.7 Å². The maximum Gasteiger partial charge on any atom is 0.310 e. The Bertz CT molecular complexity index is 477. The molecule has 0 spiro atoms. The van der Waals surface area contributed by atoms with Crippen LogP contribution in [0.1, 0.15) is 21.5 Å². The molecule has 5 heteroatoms. The lowest BCUT2D eigenvalue weighted by atomic mass is 10.0. The van der Waals surface area contributed by atoms with Crippen LogP contribution in [-0.4, -0.2) is 19.4 Å². The molecule has 4 nitrogen and oxygen atoms in total. The van der Waals surface area contributed by atoms with Gasteiger partial charge >= 0.3 is 5.97 Å². The van der Waals surface area contributed by atoms with Crippen molar-refractivity contribution < 1.29 is 14.3 Å². The van der Waals surface area contributed by atoms with Crippen LogP contribution in [0.5, 0.6) is 0 Å². The molecule has 82 valence electrons. The van der Waals surface area contributed by atoms with Crippen LogP contribution in [0.25, 0.3) is 0 Å². The van der Waals surface area contributed by atoms with Crippen LogP contribution in [-0.2, 0) is 16.0 Å². The first-order valence-corrected chi connectivity index (χ1v) is 5.16. The lowest BCUT2D eigenvalue weighted by Gasteiger charge is -2.06. The van der Waals surface area contributed by atoms with Crippen LogP contribution >= 0.6 is 15.9 Å². The number of methoxy groups -OCH3 is 1. The first-order chi connectivity index (χ1) is 7.62. The summed E-state index contributed by atoms with van der Waals surface area (Å²) in [6, 6.07) is 4.95. The topological polar surface area (TPSA) is 67.2 Å². The Labute approximate surface area is 101 Å². The van der Waals surface area contributed by atoms with Crippen molar-refractivity contribution in [2.45, 2.75) is 6.42 Å². The van der Waals surface area contributed by atoms with E-state index in [9.17, 15) is 9.59 Å². The molecular weight excluding hydrogens is 274 g/mol. The first kappa shape index (κ1) is 12.4. The normalized spacial score (nSPS) is 9.31. The molecule has 0 heterocycles. The summed E-state index contributed by atoms with van der Waals surface area (Å²) in [7, 11) is 1.28. The maximum atomic E-state index is 11.1. The summed E-state index contributed by atoms with van der Waals surface area (Å²) in [5.41, 5.74) is 1.25. The number of nitriles is 1. The second-order valence-corrected chi connectivity index (χ2v) is 3.82. The molecule has 16 heavy (non-hydrogen) atoms. The number of carbonyl (C=O) groups excluding carboxylic acids is 2. The number of rotatable bonds is 3. The number of esters is 1. The molecule has 0 aromatic heterocycles. The fraction of sp³-hybridized carbons (Fsp3) is 0.182. The van der Waals surface area contributed by atoms with Crippen molar-refractivity contribution in [3.05, 3.63) is 33.3 Å². The highest BCUT2D eigenvalue weighted by Gasteiger charge is 2.12. The largest absolute Gasteiger partial charge is 0.469 e. The lowest BCUT2D eigenvalue weighted by molar-refractivity contribution is -0.139. The molecule has 0 unspecified atom stereocenters. The van der Waals surface area contributed by atoms with Crippen LogP contribution in [0.15, 0.2) is 16.6 Å². The smallest absolute Gasteiger partial charge is 0.310 e. The zero-order valence-corrected chi connectivity index (χ0v) is 10.1. The third-order valence-electron chi connectivity index (χ3n) is 1.99. The summed E-state index contributed by atoms with van der Waals surface area (Å²) in [4.78, 5) is 21.8. The fourth-order valence-electron chi connectivity index (χ4n) is 1.21. The van der Waals surface area contributed by atoms with Gasteiger partial charge in [-0.05, 0) is 33.6 Å². The monoisotopic (exact) mass is 281 g/mol. The molecule has 0 aliphatic carbocycles. The molecule has 0 saturated carbocycles. The van der Waals surface area contributed by atoms with Crippen molar-refractivity contribution in [2.75, 3.05) is 7.11 Å². The summed E-state index contributed by atoms with van der Waals surface area (Å²) < 4.78 is 5.04. The van der Waals surface area contributed by atoms with E-state index in [0.717, 1.165) is 0 Å². The van der Waals surface area contributed by atoms with E-state index >= 15 is 0 Å². The number of hydrogen-bond donors (Lipinski definition) is 0. The van der Waals surface area contributed by atoms with E-state index in [1.165, 1.54) is 13.2 Å². The highest BCUT2D eigenvalue weighted by Crippen LogP contribution is 2.23. The Kier molecular flexibility index (Phi) is 4.20. The predicted molar refractivity (Wildman–Crippen MR) is 60.0 cm³/mol. The Balaban J connectivity index is 3.22. The van der Waals surface area contributed by atoms with Crippen LogP contribution < -0.4 is 0 Å². The molecule has 0 radical (unpaired) electrons. The van der Waals surface area contributed by atoms with Gasteiger partial charge in [0.25, 0.3) is 0 Å². The summed E-state index contributed by atoms with van der Waals surface area (Å²) in [5, 5.41) is 8.84. The van der Waals surface area contributed by atoms with Crippen LogP contribution in [0, 0.1) is 11.3 Å². The Morgan fingerprint density at radius 1 is 1.62 bits per heavy atom. The Morgan fingerprint density at radius 2 is 2.31 bits per heavy atom. The van der Waals surface area contributed by atoms with Crippen molar-refractivity contribution in [1.29, 1.82) is 5.26 Å². The lowest BCUT2D eigenvalue weighted by Crippen LogP contribution is -2.06. The molecule has 1 aromatic rings. The van der Waals surface area contributed by atoms with E-state index in [4.69, 9.17) is 5.26 Å². The minimum atomic E-state index is -0.423. The molecule has 0 bridgehead atoms. The third-order valence-corrected chi connectivity index (χ3v) is 2.93. The number of benzene rings is 1. The van der Waals surface area contributed by atoms with E-state index in [-0.39, 0.29) is 6.42 Å². The minimum Gasteiger partial charge on any atom is -0.469 e. The summed E-state index contributed by atoms with van der Waals surface area (Å²) in [6.45, 7) is 0. The second kappa shape index (κ2) is 5.42. The molecule has 0 saturated heterocycles. The standard InChI is InChI=1S/C11H8BrNO3/c1-16-10(15)4-8-2-7(6-14)3-9(5-13)11(8)12/h2-3,6H,4H2,1H3. The molecule has 1 rings (SSSR count). The number of ether oxygens (including phenoxy) is 1. The average Bonchev–Trinajstić information content (AvgIpc) is 2.31. The average molecular weight is 282 g/mol. The second-order valence-electron chi connectivity index (χ2n) is 3.02. The van der Waals surface area contributed by atoms with Gasteiger partial charge in [0.1, 0.15) is 12.4 Å². The Hall–Kier alpha value is -1.67. The van der Waals surface area contributed by atoms with E-state index in [0.29, 0.717) is 27.4 Å². The minimum absolute atomic E-state index is 0.0213. The number of nitrogens with zero attached hydrogens (tertiary/aromatic N) is 1. The fourth-order valence-corrected chi connectivity index (χ4v) is 1.67. The zero-order valence-electron chi connectivity index (χ0n) is 8.49. The summed E-state index contributed by atoms with van der Waals surface area (Å²) in [6.07, 6.45) is 0.654. The van der Waals surface area contributed by atoms with Gasteiger partial charge in [-0.25, -0.2) is 0 Å². The number of carbonyl (C=O) groups is 2. The third kappa shape index (κ3) is 2.67. The van der Waals surface area contributed by atoms with Gasteiger partial charge in [0.2, 0.25) is 0 Å². The van der Waals surface area contributed by atoms with E-state index < -0.39 is 5.97 Å². The van der Waals surface area contributed by atoms with Gasteiger partial charge in [-0.3, -0.25) is 9.59 Å². The molecule has 0 fully saturated rings. The molecule has 0 N–H and O–H groups in total. The van der Waals surface area contributed by atoms with Gasteiger partial charge in [-0.15, -0.1) is 0 Å². The SMILES string of the molecule is COC(=O)Cc1cc(C=O)cc(C#N)c1Br.